The van der Waals surface area contributed by atoms with Gasteiger partial charge in [-0.2, -0.15) is 4.57 Å². The average Bonchev–Trinajstić information content (AvgIpc) is 2.77. The Hall–Kier alpha value is -1.70. The van der Waals surface area contributed by atoms with E-state index in [0.717, 1.165) is 12.5 Å². The van der Waals surface area contributed by atoms with Crippen molar-refractivity contribution in [1.29, 1.82) is 0 Å². The second-order valence-corrected chi connectivity index (χ2v) is 9.12. The summed E-state index contributed by atoms with van der Waals surface area (Å²) in [5.41, 5.74) is 2.65. The van der Waals surface area contributed by atoms with Crippen molar-refractivity contribution in [2.75, 3.05) is 0 Å². The van der Waals surface area contributed by atoms with E-state index in [1.54, 1.807) is 0 Å². The van der Waals surface area contributed by atoms with Gasteiger partial charge in [-0.25, -0.2) is 4.98 Å². The maximum atomic E-state index is 4.73. The quantitative estimate of drug-likeness (QED) is 0.275. The zero-order valence-electron chi connectivity index (χ0n) is 18.6. The van der Waals surface area contributed by atoms with Crippen LogP contribution in [0.3, 0.4) is 0 Å². The lowest BCUT2D eigenvalue weighted by Crippen LogP contribution is -2.35. The topological polar surface area (TPSA) is 16.8 Å². The van der Waals surface area contributed by atoms with Gasteiger partial charge in [-0.3, -0.25) is 0 Å². The van der Waals surface area contributed by atoms with Gasteiger partial charge in [-0.05, 0) is 31.6 Å². The summed E-state index contributed by atoms with van der Waals surface area (Å²) < 4.78 is 2.30. The van der Waals surface area contributed by atoms with Crippen LogP contribution in [0.4, 0.5) is 0 Å². The van der Waals surface area contributed by atoms with Crippen LogP contribution in [0.1, 0.15) is 108 Å². The van der Waals surface area contributed by atoms with Gasteiger partial charge in [0.25, 0.3) is 0 Å². The summed E-state index contributed by atoms with van der Waals surface area (Å²) >= 11 is 0. The third-order valence-electron chi connectivity index (χ3n) is 6.72. The predicted molar refractivity (Wildman–Crippen MR) is 122 cm³/mol. The first-order chi connectivity index (χ1) is 14.3. The maximum absolute atomic E-state index is 4.73. The van der Waals surface area contributed by atoms with Crippen molar-refractivity contribution in [2.24, 2.45) is 5.92 Å². The molecule has 2 nitrogen and oxygen atoms in total. The molecule has 3 rings (SSSR count). The molecule has 0 atom stereocenters. The lowest BCUT2D eigenvalue weighted by atomic mass is 9.78. The number of nitrogens with zero attached hydrogens (tertiary/aromatic N) is 2. The summed E-state index contributed by atoms with van der Waals surface area (Å²) in [6, 6.07) is 10.7. The number of benzene rings is 1. The van der Waals surface area contributed by atoms with Gasteiger partial charge in [0.05, 0.1) is 6.20 Å². The SMILES string of the molecule is CCCCCCCCCCC1CCC(c2c[n+](Cc3ccccc3)ccn2)CC1. The number of hydrogen-bond acceptors (Lipinski definition) is 1. The molecule has 0 spiro atoms. The number of rotatable bonds is 12. The van der Waals surface area contributed by atoms with Crippen molar-refractivity contribution in [3.8, 4) is 0 Å². The summed E-state index contributed by atoms with van der Waals surface area (Å²) in [6.07, 6.45) is 24.8. The summed E-state index contributed by atoms with van der Waals surface area (Å²) in [7, 11) is 0. The van der Waals surface area contributed by atoms with Gasteiger partial charge in [0.15, 0.2) is 18.9 Å². The van der Waals surface area contributed by atoms with Crippen LogP contribution in [-0.2, 0) is 6.54 Å². The molecule has 1 aromatic heterocycles. The zero-order chi connectivity index (χ0) is 20.2. The van der Waals surface area contributed by atoms with E-state index in [1.807, 2.05) is 6.20 Å². The number of unbranched alkanes of at least 4 members (excludes halogenated alkanes) is 7. The van der Waals surface area contributed by atoms with Gasteiger partial charge in [0.2, 0.25) is 0 Å². The fourth-order valence-corrected chi connectivity index (χ4v) is 4.87. The van der Waals surface area contributed by atoms with Crippen LogP contribution in [-0.4, -0.2) is 4.98 Å². The first-order valence-electron chi connectivity index (χ1n) is 12.2. The number of hydrogen-bond donors (Lipinski definition) is 0. The lowest BCUT2D eigenvalue weighted by molar-refractivity contribution is -0.689. The summed E-state index contributed by atoms with van der Waals surface area (Å²) in [6.45, 7) is 3.23. The molecule has 1 aliphatic carbocycles. The van der Waals surface area contributed by atoms with Crippen molar-refractivity contribution in [3.63, 3.8) is 0 Å². The number of aromatic nitrogens is 2. The van der Waals surface area contributed by atoms with Gasteiger partial charge < -0.3 is 0 Å². The molecule has 1 saturated carbocycles. The monoisotopic (exact) mass is 393 g/mol. The van der Waals surface area contributed by atoms with Crippen LogP contribution in [0.2, 0.25) is 0 Å². The third kappa shape index (κ3) is 7.91. The Morgan fingerprint density at radius 1 is 0.862 bits per heavy atom. The van der Waals surface area contributed by atoms with Crippen LogP contribution >= 0.6 is 0 Å². The second-order valence-electron chi connectivity index (χ2n) is 9.12. The Kier molecular flexibility index (Phi) is 9.69. The lowest BCUT2D eigenvalue weighted by Gasteiger charge is -2.27. The fourth-order valence-electron chi connectivity index (χ4n) is 4.87. The van der Waals surface area contributed by atoms with E-state index < -0.39 is 0 Å². The Labute approximate surface area is 178 Å². The minimum absolute atomic E-state index is 0.660. The van der Waals surface area contributed by atoms with E-state index in [1.165, 1.54) is 94.7 Å². The minimum atomic E-state index is 0.660. The van der Waals surface area contributed by atoms with Crippen LogP contribution in [0.15, 0.2) is 48.9 Å². The fraction of sp³-hybridized carbons (Fsp3) is 0.630. The van der Waals surface area contributed by atoms with Crippen LogP contribution in [0.25, 0.3) is 0 Å². The second kappa shape index (κ2) is 12.8. The van der Waals surface area contributed by atoms with Crippen molar-refractivity contribution >= 4 is 0 Å². The molecule has 158 valence electrons. The van der Waals surface area contributed by atoms with E-state index in [9.17, 15) is 0 Å². The predicted octanol–water partition coefficient (Wildman–Crippen LogP) is 7.22. The molecule has 0 unspecified atom stereocenters. The molecule has 0 amide bonds. The Morgan fingerprint density at radius 2 is 1.55 bits per heavy atom. The van der Waals surface area contributed by atoms with Gasteiger partial charge >= 0.3 is 0 Å². The standard InChI is InChI=1S/C27H41N2/c1-2-3-4-5-6-7-8-10-13-24-16-18-26(19-17-24)27-23-29(21-20-28-27)22-25-14-11-9-12-15-25/h9,11-12,14-15,20-21,23-24,26H,2-8,10,13,16-19,22H2,1H3/q+1. The summed E-state index contributed by atoms with van der Waals surface area (Å²) in [4.78, 5) is 4.73. The molecular weight excluding hydrogens is 352 g/mol. The molecule has 1 fully saturated rings. The zero-order valence-corrected chi connectivity index (χ0v) is 18.6. The highest BCUT2D eigenvalue weighted by Crippen LogP contribution is 2.36. The van der Waals surface area contributed by atoms with Gasteiger partial charge in [-0.15, -0.1) is 0 Å². The van der Waals surface area contributed by atoms with Gasteiger partial charge in [0, 0.05) is 11.5 Å². The molecule has 2 aromatic rings. The van der Waals surface area contributed by atoms with Crippen LogP contribution in [0.5, 0.6) is 0 Å². The van der Waals surface area contributed by atoms with Crippen molar-refractivity contribution in [3.05, 3.63) is 60.2 Å². The Morgan fingerprint density at radius 3 is 2.28 bits per heavy atom. The molecule has 0 radical (unpaired) electrons. The van der Waals surface area contributed by atoms with Crippen molar-refractivity contribution < 1.29 is 4.57 Å². The highest BCUT2D eigenvalue weighted by molar-refractivity contribution is 5.13. The Bertz CT molecular complexity index is 674. The molecule has 2 heteroatoms. The summed E-state index contributed by atoms with van der Waals surface area (Å²) in [5.74, 6) is 1.62. The Balaban J connectivity index is 1.35. The smallest absolute Gasteiger partial charge is 0.191 e. The van der Waals surface area contributed by atoms with Gasteiger partial charge in [-0.1, -0.05) is 95.0 Å². The molecule has 1 aliphatic rings. The average molecular weight is 394 g/mol. The molecule has 0 aliphatic heterocycles. The molecule has 1 aromatic carbocycles. The highest BCUT2D eigenvalue weighted by Gasteiger charge is 2.24. The van der Waals surface area contributed by atoms with Crippen molar-refractivity contribution in [1.82, 2.24) is 4.98 Å². The largest absolute Gasteiger partial charge is 0.249 e. The third-order valence-corrected chi connectivity index (χ3v) is 6.72. The van der Waals surface area contributed by atoms with E-state index in [2.05, 4.69) is 54.2 Å². The molecule has 0 saturated heterocycles. The molecule has 0 N–H and O–H groups in total. The van der Waals surface area contributed by atoms with E-state index in [0.29, 0.717) is 5.92 Å². The minimum Gasteiger partial charge on any atom is -0.249 e. The van der Waals surface area contributed by atoms with E-state index in [4.69, 9.17) is 4.98 Å². The molecule has 0 bridgehead atoms. The van der Waals surface area contributed by atoms with Crippen LogP contribution < -0.4 is 4.57 Å². The van der Waals surface area contributed by atoms with E-state index >= 15 is 0 Å². The highest BCUT2D eigenvalue weighted by atomic mass is 15.0. The van der Waals surface area contributed by atoms with E-state index in [-0.39, 0.29) is 0 Å². The molecule has 29 heavy (non-hydrogen) atoms. The first kappa shape index (κ1) is 22.0. The van der Waals surface area contributed by atoms with Crippen molar-refractivity contribution in [2.45, 2.75) is 103 Å². The molecule has 1 heterocycles. The molecular formula is C27H41N2+. The normalized spacial score (nSPS) is 19.3. The van der Waals surface area contributed by atoms with Crippen LogP contribution in [0, 0.1) is 5.92 Å². The summed E-state index contributed by atoms with van der Waals surface area (Å²) in [5, 5.41) is 0. The maximum Gasteiger partial charge on any atom is 0.191 e. The van der Waals surface area contributed by atoms with Gasteiger partial charge in [0.1, 0.15) is 5.69 Å². The first-order valence-corrected chi connectivity index (χ1v) is 12.2.